The van der Waals surface area contributed by atoms with Crippen LogP contribution in [-0.2, 0) is 6.54 Å². The number of H-pyrrole nitrogens is 1. The third-order valence-corrected chi connectivity index (χ3v) is 3.10. The average molecular weight is 309 g/mol. The minimum absolute atomic E-state index is 0.240. The number of aromatic nitrogens is 2. The monoisotopic (exact) mass is 308 g/mol. The van der Waals surface area contributed by atoms with Crippen LogP contribution in [0.5, 0.6) is 0 Å². The molecule has 0 bridgehead atoms. The van der Waals surface area contributed by atoms with Crippen molar-refractivity contribution in [3.8, 4) is 0 Å². The number of aromatic amines is 1. The van der Waals surface area contributed by atoms with Gasteiger partial charge in [0.25, 0.3) is 5.91 Å². The maximum atomic E-state index is 11.8. The Morgan fingerprint density at radius 3 is 2.67 bits per heavy atom. The fraction of sp³-hybridized carbons (Fsp3) is 0.167. The predicted molar refractivity (Wildman–Crippen MR) is 73.0 cm³/mol. The molecule has 1 aromatic carbocycles. The van der Waals surface area contributed by atoms with Crippen molar-refractivity contribution in [1.82, 2.24) is 15.5 Å². The summed E-state index contributed by atoms with van der Waals surface area (Å²) in [5, 5.41) is 9.33. The van der Waals surface area contributed by atoms with E-state index in [1.165, 1.54) is 0 Å². The highest BCUT2D eigenvalue weighted by atomic mass is 79.9. The molecule has 94 valence electrons. The number of benzene rings is 1. The van der Waals surface area contributed by atoms with E-state index in [0.717, 1.165) is 10.0 Å². The van der Waals surface area contributed by atoms with Crippen molar-refractivity contribution in [2.75, 3.05) is 5.73 Å². The van der Waals surface area contributed by atoms with E-state index in [1.807, 2.05) is 24.3 Å². The molecule has 0 spiro atoms. The van der Waals surface area contributed by atoms with Gasteiger partial charge < -0.3 is 11.1 Å². The molecule has 1 aromatic heterocycles. The zero-order valence-electron chi connectivity index (χ0n) is 9.83. The minimum atomic E-state index is -0.278. The summed E-state index contributed by atoms with van der Waals surface area (Å²) >= 11 is 3.36. The second kappa shape index (κ2) is 5.22. The second-order valence-corrected chi connectivity index (χ2v) is 4.84. The number of nitrogens with two attached hydrogens (primary N) is 1. The first-order valence-corrected chi connectivity index (χ1v) is 6.20. The van der Waals surface area contributed by atoms with Crippen LogP contribution in [0.1, 0.15) is 21.7 Å². The lowest BCUT2D eigenvalue weighted by Crippen LogP contribution is -2.24. The molecule has 1 amide bonds. The van der Waals surface area contributed by atoms with Gasteiger partial charge in [-0.2, -0.15) is 5.10 Å². The number of carbonyl (C=O) groups excluding carboxylic acids is 1. The molecular formula is C12H13BrN4O. The van der Waals surface area contributed by atoms with Crippen molar-refractivity contribution in [3.63, 3.8) is 0 Å². The van der Waals surface area contributed by atoms with Gasteiger partial charge >= 0.3 is 0 Å². The van der Waals surface area contributed by atoms with Crippen LogP contribution < -0.4 is 11.1 Å². The highest BCUT2D eigenvalue weighted by Crippen LogP contribution is 2.13. The Bertz CT molecular complexity index is 562. The van der Waals surface area contributed by atoms with Crippen molar-refractivity contribution in [3.05, 3.63) is 45.7 Å². The van der Waals surface area contributed by atoms with Crippen LogP contribution in [0, 0.1) is 6.92 Å². The van der Waals surface area contributed by atoms with Crippen molar-refractivity contribution in [1.29, 1.82) is 0 Å². The van der Waals surface area contributed by atoms with Gasteiger partial charge in [-0.1, -0.05) is 28.1 Å². The van der Waals surface area contributed by atoms with Gasteiger partial charge in [-0.15, -0.1) is 0 Å². The van der Waals surface area contributed by atoms with Gasteiger partial charge in [0.2, 0.25) is 0 Å². The Hall–Kier alpha value is -1.82. The maximum Gasteiger partial charge on any atom is 0.274 e. The molecule has 4 N–H and O–H groups in total. The van der Waals surface area contributed by atoms with Crippen molar-refractivity contribution < 1.29 is 4.79 Å². The largest absolute Gasteiger partial charge is 0.395 e. The number of carbonyl (C=O) groups is 1. The molecule has 0 atom stereocenters. The molecule has 0 aliphatic rings. The number of hydrogen-bond acceptors (Lipinski definition) is 3. The Balaban J connectivity index is 2.00. The highest BCUT2D eigenvalue weighted by molar-refractivity contribution is 9.10. The summed E-state index contributed by atoms with van der Waals surface area (Å²) in [7, 11) is 0. The average Bonchev–Trinajstić information content (AvgIpc) is 2.69. The van der Waals surface area contributed by atoms with Gasteiger partial charge in [-0.25, -0.2) is 0 Å². The highest BCUT2D eigenvalue weighted by Gasteiger charge is 2.14. The Labute approximate surface area is 113 Å². The fourth-order valence-corrected chi connectivity index (χ4v) is 1.74. The van der Waals surface area contributed by atoms with E-state index in [9.17, 15) is 4.79 Å². The van der Waals surface area contributed by atoms with Gasteiger partial charge in [-0.3, -0.25) is 9.89 Å². The first-order valence-electron chi connectivity index (χ1n) is 5.41. The van der Waals surface area contributed by atoms with Crippen LogP contribution in [0.3, 0.4) is 0 Å². The first-order chi connectivity index (χ1) is 8.58. The Morgan fingerprint density at radius 1 is 1.44 bits per heavy atom. The molecule has 1 heterocycles. The summed E-state index contributed by atoms with van der Waals surface area (Å²) in [5.74, 6) is -0.278. The number of aryl methyl sites for hydroxylation is 1. The van der Waals surface area contributed by atoms with Crippen LogP contribution in [-0.4, -0.2) is 16.1 Å². The maximum absolute atomic E-state index is 11.8. The Morgan fingerprint density at radius 2 is 2.11 bits per heavy atom. The molecule has 0 saturated heterocycles. The quantitative estimate of drug-likeness (QED) is 0.811. The number of anilines is 1. The number of nitrogen functional groups attached to an aromatic ring is 1. The van der Waals surface area contributed by atoms with Crippen molar-refractivity contribution in [2.45, 2.75) is 13.5 Å². The number of nitrogens with one attached hydrogen (secondary N) is 2. The lowest BCUT2D eigenvalue weighted by molar-refractivity contribution is 0.0947. The Kier molecular flexibility index (Phi) is 3.66. The molecular weight excluding hydrogens is 296 g/mol. The number of nitrogens with zero attached hydrogens (tertiary/aromatic N) is 1. The number of hydrogen-bond donors (Lipinski definition) is 3. The van der Waals surface area contributed by atoms with Gasteiger partial charge in [0.1, 0.15) is 0 Å². The second-order valence-electron chi connectivity index (χ2n) is 3.92. The van der Waals surface area contributed by atoms with Gasteiger partial charge in [0, 0.05) is 11.0 Å². The zero-order valence-corrected chi connectivity index (χ0v) is 11.4. The van der Waals surface area contributed by atoms with Crippen LogP contribution in [0.4, 0.5) is 5.69 Å². The summed E-state index contributed by atoms with van der Waals surface area (Å²) in [6.07, 6.45) is 0. The molecule has 0 unspecified atom stereocenters. The van der Waals surface area contributed by atoms with Crippen LogP contribution in [0.2, 0.25) is 0 Å². The normalized spacial score (nSPS) is 10.3. The zero-order chi connectivity index (χ0) is 13.1. The van der Waals surface area contributed by atoms with Crippen LogP contribution in [0.15, 0.2) is 28.7 Å². The molecule has 18 heavy (non-hydrogen) atoms. The molecule has 0 radical (unpaired) electrons. The summed E-state index contributed by atoms with van der Waals surface area (Å²) in [6, 6.07) is 7.72. The van der Waals surface area contributed by atoms with Crippen molar-refractivity contribution in [2.24, 2.45) is 0 Å². The number of rotatable bonds is 3. The van der Waals surface area contributed by atoms with Gasteiger partial charge in [-0.05, 0) is 24.6 Å². The molecule has 2 rings (SSSR count). The molecule has 2 aromatic rings. The summed E-state index contributed by atoms with van der Waals surface area (Å²) in [5.41, 5.74) is 8.07. The summed E-state index contributed by atoms with van der Waals surface area (Å²) < 4.78 is 1.00. The SMILES string of the molecule is Cc1[nH]nc(C(=O)NCc2ccc(Br)cc2)c1N. The predicted octanol–water partition coefficient (Wildman–Crippen LogP) is 1.99. The lowest BCUT2D eigenvalue weighted by atomic mass is 10.2. The standard InChI is InChI=1S/C12H13BrN4O/c1-7-10(14)11(17-16-7)12(18)15-6-8-2-4-9(13)5-3-8/h2-5H,6,14H2,1H3,(H,15,18)(H,16,17). The first kappa shape index (κ1) is 12.6. The van der Waals surface area contributed by atoms with E-state index in [0.29, 0.717) is 17.9 Å². The van der Waals surface area contributed by atoms with Gasteiger partial charge in [0.15, 0.2) is 5.69 Å². The molecule has 5 nitrogen and oxygen atoms in total. The van der Waals surface area contributed by atoms with E-state index < -0.39 is 0 Å². The third-order valence-electron chi connectivity index (χ3n) is 2.58. The fourth-order valence-electron chi connectivity index (χ4n) is 1.48. The third kappa shape index (κ3) is 2.70. The summed E-state index contributed by atoms with van der Waals surface area (Å²) in [4.78, 5) is 11.8. The molecule has 0 aliphatic heterocycles. The van der Waals surface area contributed by atoms with E-state index in [1.54, 1.807) is 6.92 Å². The van der Waals surface area contributed by atoms with E-state index in [-0.39, 0.29) is 11.6 Å². The van der Waals surface area contributed by atoms with E-state index in [4.69, 9.17) is 5.73 Å². The molecule has 6 heteroatoms. The van der Waals surface area contributed by atoms with Gasteiger partial charge in [0.05, 0.1) is 11.4 Å². The topological polar surface area (TPSA) is 83.8 Å². The number of halogens is 1. The van der Waals surface area contributed by atoms with Crippen LogP contribution in [0.25, 0.3) is 0 Å². The molecule has 0 saturated carbocycles. The lowest BCUT2D eigenvalue weighted by Gasteiger charge is -2.04. The van der Waals surface area contributed by atoms with Crippen LogP contribution >= 0.6 is 15.9 Å². The summed E-state index contributed by atoms with van der Waals surface area (Å²) in [6.45, 7) is 2.21. The van der Waals surface area contributed by atoms with Crippen molar-refractivity contribution >= 4 is 27.5 Å². The minimum Gasteiger partial charge on any atom is -0.395 e. The number of amides is 1. The smallest absolute Gasteiger partial charge is 0.274 e. The molecule has 0 fully saturated rings. The van der Waals surface area contributed by atoms with E-state index >= 15 is 0 Å². The molecule has 0 aliphatic carbocycles. The van der Waals surface area contributed by atoms with E-state index in [2.05, 4.69) is 31.4 Å².